The second-order valence-corrected chi connectivity index (χ2v) is 9.13. The number of carbonyl (C=O) groups is 2. The lowest BCUT2D eigenvalue weighted by molar-refractivity contribution is -0.132. The zero-order chi connectivity index (χ0) is 23.5. The first-order valence-corrected chi connectivity index (χ1v) is 11.6. The van der Waals surface area contributed by atoms with Gasteiger partial charge in [-0.05, 0) is 40.0 Å². The topological polar surface area (TPSA) is 128 Å². The summed E-state index contributed by atoms with van der Waals surface area (Å²) in [6, 6.07) is 6.71. The molecule has 3 heterocycles. The van der Waals surface area contributed by atoms with E-state index in [-0.39, 0.29) is 5.91 Å². The van der Waals surface area contributed by atoms with E-state index >= 15 is 0 Å². The number of aromatic amines is 1. The summed E-state index contributed by atoms with van der Waals surface area (Å²) in [6.07, 6.45) is 3.80. The number of rotatable bonds is 6. The van der Waals surface area contributed by atoms with E-state index in [1.165, 1.54) is 0 Å². The molecule has 0 saturated carbocycles. The quantitative estimate of drug-likeness (QED) is 0.383. The van der Waals surface area contributed by atoms with Crippen molar-refractivity contribution in [2.24, 2.45) is 5.73 Å². The summed E-state index contributed by atoms with van der Waals surface area (Å²) in [5, 5.41) is 13.2. The number of amides is 2. The highest BCUT2D eigenvalue weighted by Gasteiger charge is 2.28. The molecule has 33 heavy (non-hydrogen) atoms. The van der Waals surface area contributed by atoms with Gasteiger partial charge in [-0.25, -0.2) is 4.98 Å². The molecule has 3 aromatic rings. The van der Waals surface area contributed by atoms with E-state index < -0.39 is 18.6 Å². The molecule has 174 valence electrons. The highest BCUT2D eigenvalue weighted by molar-refractivity contribution is 9.10. The zero-order valence-corrected chi connectivity index (χ0v) is 20.1. The van der Waals surface area contributed by atoms with Crippen molar-refractivity contribution in [3.8, 4) is 0 Å². The van der Waals surface area contributed by atoms with Crippen LogP contribution in [0.5, 0.6) is 0 Å². The lowest BCUT2D eigenvalue weighted by Crippen LogP contribution is -2.53. The molecule has 9 nitrogen and oxygen atoms in total. The molecule has 1 saturated heterocycles. The molecular formula is C22H24BrClN6O3. The van der Waals surface area contributed by atoms with E-state index in [1.807, 2.05) is 12.1 Å². The van der Waals surface area contributed by atoms with Gasteiger partial charge in [-0.15, -0.1) is 0 Å². The number of nitrogens with two attached hydrogens (primary N) is 1. The summed E-state index contributed by atoms with van der Waals surface area (Å²) in [5.74, 6) is -0.590. The monoisotopic (exact) mass is 534 g/mol. The molecule has 2 aromatic heterocycles. The number of carbonyl (C=O) groups excluding carboxylic acids is 2. The molecule has 1 fully saturated rings. The lowest BCUT2D eigenvalue weighted by atomic mass is 10.1. The van der Waals surface area contributed by atoms with Crippen LogP contribution < -0.4 is 16.0 Å². The highest BCUT2D eigenvalue weighted by atomic mass is 79.9. The summed E-state index contributed by atoms with van der Waals surface area (Å²) in [4.78, 5) is 36.0. The van der Waals surface area contributed by atoms with Gasteiger partial charge in [-0.3, -0.25) is 9.59 Å². The van der Waals surface area contributed by atoms with Crippen LogP contribution in [0, 0.1) is 0 Å². The molecule has 5 N–H and O–H groups in total. The molecule has 0 radical (unpaired) electrons. The number of H-pyrrole nitrogens is 1. The predicted molar refractivity (Wildman–Crippen MR) is 131 cm³/mol. The number of halogens is 2. The van der Waals surface area contributed by atoms with Crippen molar-refractivity contribution in [3.63, 3.8) is 0 Å². The van der Waals surface area contributed by atoms with Crippen molar-refractivity contribution in [1.29, 1.82) is 0 Å². The largest absolute Gasteiger partial charge is 0.387 e. The van der Waals surface area contributed by atoms with Crippen molar-refractivity contribution in [2.75, 3.05) is 43.0 Å². The minimum Gasteiger partial charge on any atom is -0.387 e. The molecule has 0 bridgehead atoms. The van der Waals surface area contributed by atoms with Gasteiger partial charge >= 0.3 is 0 Å². The number of nitrogens with zero attached hydrogens (tertiary/aromatic N) is 3. The minimum atomic E-state index is -0.623. The van der Waals surface area contributed by atoms with Gasteiger partial charge in [0.25, 0.3) is 0 Å². The summed E-state index contributed by atoms with van der Waals surface area (Å²) >= 11 is 9.50. The Bertz CT molecular complexity index is 1160. The molecule has 1 aliphatic heterocycles. The van der Waals surface area contributed by atoms with Gasteiger partial charge in [0, 0.05) is 43.6 Å². The number of benzene rings is 1. The number of aliphatic hydroxyl groups is 1. The van der Waals surface area contributed by atoms with Gasteiger partial charge in [0.2, 0.25) is 11.8 Å². The molecule has 0 aliphatic carbocycles. The molecule has 4 rings (SSSR count). The van der Waals surface area contributed by atoms with Gasteiger partial charge < -0.3 is 30.9 Å². The van der Waals surface area contributed by atoms with Crippen LogP contribution in [-0.2, 0) is 16.0 Å². The smallest absolute Gasteiger partial charge is 0.250 e. The summed E-state index contributed by atoms with van der Waals surface area (Å²) in [6.45, 7) is 1.62. The van der Waals surface area contributed by atoms with E-state index in [9.17, 15) is 9.59 Å². The average Bonchev–Trinajstić information content (AvgIpc) is 3.22. The zero-order valence-electron chi connectivity index (χ0n) is 17.7. The summed E-state index contributed by atoms with van der Waals surface area (Å²) in [7, 11) is 0. The molecule has 1 atom stereocenters. The third kappa shape index (κ3) is 5.14. The first-order valence-electron chi connectivity index (χ1n) is 10.5. The maximum Gasteiger partial charge on any atom is 0.250 e. The van der Waals surface area contributed by atoms with Crippen LogP contribution in [0.1, 0.15) is 5.56 Å². The van der Waals surface area contributed by atoms with E-state index in [1.54, 1.807) is 29.4 Å². The Labute approximate surface area is 204 Å². The van der Waals surface area contributed by atoms with Crippen molar-refractivity contribution < 1.29 is 14.7 Å². The highest BCUT2D eigenvalue weighted by Crippen LogP contribution is 2.38. The van der Waals surface area contributed by atoms with Gasteiger partial charge in [-0.2, -0.15) is 0 Å². The maximum absolute atomic E-state index is 12.9. The number of fused-ring (bicyclic) bond motifs is 1. The molecule has 0 spiro atoms. The normalized spacial score (nSPS) is 15.0. The van der Waals surface area contributed by atoms with E-state index in [4.69, 9.17) is 22.4 Å². The fourth-order valence-corrected chi connectivity index (χ4v) is 4.68. The Balaban J connectivity index is 1.46. The van der Waals surface area contributed by atoms with Crippen LogP contribution in [0.4, 0.5) is 11.4 Å². The number of hydrogen-bond acceptors (Lipinski definition) is 6. The molecule has 0 unspecified atom stereocenters. The van der Waals surface area contributed by atoms with Crippen LogP contribution in [-0.4, -0.2) is 70.6 Å². The van der Waals surface area contributed by atoms with E-state index in [0.717, 1.165) is 21.1 Å². The van der Waals surface area contributed by atoms with E-state index in [2.05, 4.69) is 36.1 Å². The number of anilines is 2. The third-order valence-corrected chi connectivity index (χ3v) is 6.47. The lowest BCUT2D eigenvalue weighted by Gasteiger charge is -2.37. The van der Waals surface area contributed by atoms with Crippen molar-refractivity contribution in [2.45, 2.75) is 12.5 Å². The Morgan fingerprint density at radius 3 is 2.61 bits per heavy atom. The van der Waals surface area contributed by atoms with Crippen LogP contribution in [0.25, 0.3) is 11.0 Å². The Morgan fingerprint density at radius 1 is 1.24 bits per heavy atom. The summed E-state index contributed by atoms with van der Waals surface area (Å²) in [5.41, 5.74) is 9.20. The summed E-state index contributed by atoms with van der Waals surface area (Å²) < 4.78 is 0.772. The SMILES string of the molecule is N[C@H](Cc1ccc(Cl)cc1)C(=O)N1CCN(c2c(Br)cnc3[nH]cc(NC(=O)CO)c23)CC1. The number of hydrogen-bond donors (Lipinski definition) is 4. The van der Waals surface area contributed by atoms with Crippen molar-refractivity contribution in [1.82, 2.24) is 14.9 Å². The Morgan fingerprint density at radius 2 is 1.94 bits per heavy atom. The Hall–Kier alpha value is -2.66. The minimum absolute atomic E-state index is 0.0823. The maximum atomic E-state index is 12.9. The van der Waals surface area contributed by atoms with Gasteiger partial charge in [0.15, 0.2) is 0 Å². The number of aliphatic hydroxyl groups excluding tert-OH is 1. The van der Waals surface area contributed by atoms with E-state index in [0.29, 0.717) is 49.0 Å². The van der Waals surface area contributed by atoms with Crippen LogP contribution in [0.3, 0.4) is 0 Å². The number of nitrogens with one attached hydrogen (secondary N) is 2. The molecule has 11 heteroatoms. The first kappa shape index (κ1) is 23.5. The molecular weight excluding hydrogens is 512 g/mol. The molecule has 2 amide bonds. The van der Waals surface area contributed by atoms with Crippen LogP contribution in [0.2, 0.25) is 5.02 Å². The van der Waals surface area contributed by atoms with Crippen LogP contribution in [0.15, 0.2) is 41.1 Å². The fraction of sp³-hybridized carbons (Fsp3) is 0.318. The number of pyridine rings is 1. The fourth-order valence-electron chi connectivity index (χ4n) is 4.00. The van der Waals surface area contributed by atoms with Crippen molar-refractivity contribution >= 4 is 61.8 Å². The van der Waals surface area contributed by atoms with Gasteiger partial charge in [0.1, 0.15) is 12.3 Å². The standard InChI is InChI=1S/C22H24BrClN6O3/c23-15-10-26-21-19(17(11-27-21)28-18(32)12-31)20(15)29-5-7-30(8-6-29)22(33)16(25)9-13-1-3-14(24)4-2-13/h1-4,10-11,16,31H,5-9,12,25H2,(H,26,27)(H,28,32)/t16-/m1/s1. The number of aromatic nitrogens is 2. The average molecular weight is 536 g/mol. The van der Waals surface area contributed by atoms with Gasteiger partial charge in [-0.1, -0.05) is 23.7 Å². The molecule has 1 aromatic carbocycles. The van der Waals surface area contributed by atoms with Gasteiger partial charge in [0.05, 0.1) is 27.3 Å². The first-order chi connectivity index (χ1) is 15.9. The second kappa shape index (κ2) is 10.1. The van der Waals surface area contributed by atoms with Crippen molar-refractivity contribution in [3.05, 3.63) is 51.7 Å². The Kier molecular flexibility index (Phi) is 7.18. The van der Waals surface area contributed by atoms with Crippen LogP contribution >= 0.6 is 27.5 Å². The number of piperazine rings is 1. The third-order valence-electron chi connectivity index (χ3n) is 5.64. The predicted octanol–water partition coefficient (Wildman–Crippen LogP) is 2.13. The second-order valence-electron chi connectivity index (χ2n) is 7.84. The molecule has 1 aliphatic rings.